The molecule has 0 atom stereocenters. The second-order valence-electron chi connectivity index (χ2n) is 0.969. The van der Waals surface area contributed by atoms with Crippen LogP contribution >= 0.6 is 15.9 Å². The van der Waals surface area contributed by atoms with E-state index in [-0.39, 0.29) is 5.68 Å². The molecule has 1 radical (unpaired) electrons. The molecule has 0 aromatic carbocycles. The van der Waals surface area contributed by atoms with Crippen molar-refractivity contribution in [3.63, 3.8) is 0 Å². The van der Waals surface area contributed by atoms with Crippen LogP contribution < -0.4 is 0 Å². The summed E-state index contributed by atoms with van der Waals surface area (Å²) < 4.78 is 0. The van der Waals surface area contributed by atoms with Crippen LogP contribution in [0.3, 0.4) is 0 Å². The Morgan fingerprint density at radius 3 is 2.50 bits per heavy atom. The predicted molar refractivity (Wildman–Crippen MR) is 30.2 cm³/mol. The predicted octanol–water partition coefficient (Wildman–Crippen LogP) is 0.590. The van der Waals surface area contributed by atoms with Gasteiger partial charge in [-0.05, 0) is 12.2 Å². The van der Waals surface area contributed by atoms with Crippen molar-refractivity contribution in [3.05, 3.63) is 0 Å². The van der Waals surface area contributed by atoms with Gasteiger partial charge in [-0.25, -0.2) is 0 Å². The summed E-state index contributed by atoms with van der Waals surface area (Å²) in [7, 11) is 1.57. The standard InChI is InChI=1S/C3H5BBrO/c1-3(6)4-2-5/h2H2,1H3. The molecule has 0 bridgehead atoms. The normalized spacial score (nSPS) is 7.67. The van der Waals surface area contributed by atoms with Gasteiger partial charge in [0.15, 0.2) is 0 Å². The number of alkyl halides is 1. The Morgan fingerprint density at radius 2 is 2.50 bits per heavy atom. The van der Waals surface area contributed by atoms with Crippen molar-refractivity contribution in [1.29, 1.82) is 0 Å². The summed E-state index contributed by atoms with van der Waals surface area (Å²) in [6.45, 7) is 1.53. The highest BCUT2D eigenvalue weighted by Gasteiger charge is 1.89. The summed E-state index contributed by atoms with van der Waals surface area (Å²) in [5.41, 5.74) is 0.117. The van der Waals surface area contributed by atoms with Gasteiger partial charge < -0.3 is 4.79 Å². The SMILES string of the molecule is CC(=O)[B]CBr. The van der Waals surface area contributed by atoms with Crippen molar-refractivity contribution in [2.75, 3.05) is 5.23 Å². The minimum absolute atomic E-state index is 0.117. The molecule has 0 aliphatic heterocycles. The maximum absolute atomic E-state index is 9.96. The number of hydrogen-bond donors (Lipinski definition) is 0. The van der Waals surface area contributed by atoms with Crippen molar-refractivity contribution in [3.8, 4) is 0 Å². The highest BCUT2D eigenvalue weighted by molar-refractivity contribution is 9.09. The molecule has 0 rings (SSSR count). The van der Waals surface area contributed by atoms with Crippen LogP contribution in [0.15, 0.2) is 0 Å². The van der Waals surface area contributed by atoms with E-state index in [2.05, 4.69) is 15.9 Å². The maximum Gasteiger partial charge on any atom is 0.214 e. The van der Waals surface area contributed by atoms with E-state index in [0.717, 1.165) is 0 Å². The first-order chi connectivity index (χ1) is 2.77. The monoisotopic (exact) mass is 147 g/mol. The Hall–Kier alpha value is 0.215. The van der Waals surface area contributed by atoms with E-state index in [4.69, 9.17) is 0 Å². The average molecular weight is 148 g/mol. The van der Waals surface area contributed by atoms with Gasteiger partial charge in [-0.1, -0.05) is 0 Å². The smallest absolute Gasteiger partial charge is 0.214 e. The molecule has 1 nitrogen and oxygen atoms in total. The van der Waals surface area contributed by atoms with Crippen LogP contribution in [0.25, 0.3) is 0 Å². The Balaban J connectivity index is 2.83. The third-order valence-electron chi connectivity index (χ3n) is 0.365. The highest BCUT2D eigenvalue weighted by Crippen LogP contribution is 1.74. The lowest BCUT2D eigenvalue weighted by Crippen LogP contribution is -2.03. The lowest BCUT2D eigenvalue weighted by Gasteiger charge is -1.76. The zero-order chi connectivity index (χ0) is 4.99. The second-order valence-corrected chi connectivity index (χ2v) is 1.62. The molecular formula is C3H5BBrO. The number of rotatable bonds is 2. The molecule has 0 aliphatic carbocycles. The van der Waals surface area contributed by atoms with E-state index >= 15 is 0 Å². The van der Waals surface area contributed by atoms with Crippen LogP contribution in [0.2, 0.25) is 0 Å². The molecule has 0 spiro atoms. The van der Waals surface area contributed by atoms with Crippen LogP contribution in [-0.4, -0.2) is 18.2 Å². The summed E-state index contributed by atoms with van der Waals surface area (Å²) in [5, 5.41) is 0.669. The molecule has 6 heavy (non-hydrogen) atoms. The number of halogens is 1. The molecular weight excluding hydrogens is 143 g/mol. The third kappa shape index (κ3) is 4.21. The van der Waals surface area contributed by atoms with Crippen molar-refractivity contribution in [2.24, 2.45) is 0 Å². The molecule has 0 aromatic rings. The molecule has 0 amide bonds. The van der Waals surface area contributed by atoms with E-state index < -0.39 is 0 Å². The Labute approximate surface area is 46.5 Å². The fourth-order valence-electron chi connectivity index (χ4n) is 0.109. The van der Waals surface area contributed by atoms with Gasteiger partial charge in [-0.2, -0.15) is 0 Å². The van der Waals surface area contributed by atoms with Gasteiger partial charge in [0.1, 0.15) is 0 Å². The quantitative estimate of drug-likeness (QED) is 0.413. The van der Waals surface area contributed by atoms with Crippen molar-refractivity contribution in [2.45, 2.75) is 6.92 Å². The molecule has 0 N–H and O–H groups in total. The van der Waals surface area contributed by atoms with E-state index in [1.165, 1.54) is 6.92 Å². The van der Waals surface area contributed by atoms with Gasteiger partial charge in [0.25, 0.3) is 0 Å². The molecule has 33 valence electrons. The molecule has 3 heteroatoms. The van der Waals surface area contributed by atoms with Crippen molar-refractivity contribution in [1.82, 2.24) is 0 Å². The third-order valence-corrected chi connectivity index (χ3v) is 0.688. The number of carbonyl (C=O) groups is 1. The number of carbonyl (C=O) groups excluding carboxylic acids is 1. The zero-order valence-electron chi connectivity index (χ0n) is 3.57. The molecule has 0 fully saturated rings. The largest absolute Gasteiger partial charge is 0.312 e. The van der Waals surface area contributed by atoms with Crippen LogP contribution in [0.1, 0.15) is 6.92 Å². The Kier molecular flexibility index (Phi) is 3.53. The molecule has 0 saturated heterocycles. The summed E-state index contributed by atoms with van der Waals surface area (Å²) >= 11 is 3.07. The second kappa shape index (κ2) is 3.41. The van der Waals surface area contributed by atoms with Gasteiger partial charge in [0.2, 0.25) is 7.28 Å². The minimum Gasteiger partial charge on any atom is -0.312 e. The molecule has 0 saturated carbocycles. The van der Waals surface area contributed by atoms with Gasteiger partial charge in [-0.15, -0.1) is 15.9 Å². The van der Waals surface area contributed by atoms with Crippen molar-refractivity contribution < 1.29 is 4.79 Å². The van der Waals surface area contributed by atoms with Gasteiger partial charge in [0.05, 0.1) is 5.68 Å². The average Bonchev–Trinajstić information content (AvgIpc) is 1.35. The number of hydrogen-bond acceptors (Lipinski definition) is 1. The first-order valence-corrected chi connectivity index (χ1v) is 2.79. The van der Waals surface area contributed by atoms with E-state index in [1.54, 1.807) is 7.28 Å². The molecule has 0 aromatic heterocycles. The van der Waals surface area contributed by atoms with Crippen LogP contribution in [0, 0.1) is 0 Å². The van der Waals surface area contributed by atoms with Gasteiger partial charge >= 0.3 is 0 Å². The van der Waals surface area contributed by atoms with E-state index in [0.29, 0.717) is 5.23 Å². The summed E-state index contributed by atoms with van der Waals surface area (Å²) in [5.74, 6) is 0. The zero-order valence-corrected chi connectivity index (χ0v) is 5.16. The Morgan fingerprint density at radius 1 is 2.00 bits per heavy atom. The lowest BCUT2D eigenvalue weighted by atomic mass is 9.78. The molecule has 0 heterocycles. The van der Waals surface area contributed by atoms with E-state index in [1.807, 2.05) is 0 Å². The topological polar surface area (TPSA) is 17.1 Å². The minimum atomic E-state index is 0.117. The molecule has 0 unspecified atom stereocenters. The maximum atomic E-state index is 9.96. The summed E-state index contributed by atoms with van der Waals surface area (Å²) in [6.07, 6.45) is 0. The van der Waals surface area contributed by atoms with Gasteiger partial charge in [-0.3, -0.25) is 0 Å². The highest BCUT2D eigenvalue weighted by atomic mass is 79.9. The van der Waals surface area contributed by atoms with Crippen LogP contribution in [-0.2, 0) is 4.79 Å². The summed E-state index contributed by atoms with van der Waals surface area (Å²) in [4.78, 5) is 9.96. The van der Waals surface area contributed by atoms with Crippen LogP contribution in [0.4, 0.5) is 0 Å². The molecule has 0 aliphatic rings. The first-order valence-electron chi connectivity index (χ1n) is 1.67. The fourth-order valence-corrected chi connectivity index (χ4v) is 0.565. The Bertz CT molecular complexity index is 54.8. The first kappa shape index (κ1) is 6.21. The lowest BCUT2D eigenvalue weighted by molar-refractivity contribution is -0.110. The fraction of sp³-hybridized carbons (Fsp3) is 0.667. The van der Waals surface area contributed by atoms with E-state index in [9.17, 15) is 4.79 Å². The van der Waals surface area contributed by atoms with Crippen molar-refractivity contribution >= 4 is 28.9 Å². The van der Waals surface area contributed by atoms with Crippen LogP contribution in [0.5, 0.6) is 0 Å². The summed E-state index contributed by atoms with van der Waals surface area (Å²) in [6, 6.07) is 0. The van der Waals surface area contributed by atoms with Gasteiger partial charge in [0, 0.05) is 0 Å².